The molecule has 6 heteroatoms. The molecule has 1 rings (SSSR count). The first-order chi connectivity index (χ1) is 6.79. The Kier molecular flexibility index (Phi) is 3.13. The van der Waals surface area contributed by atoms with Crippen LogP contribution in [0.15, 0.2) is 5.16 Å². The first-order valence-corrected chi connectivity index (χ1v) is 5.06. The number of hydrogen-bond acceptors (Lipinski definition) is 4. The third-order valence-electron chi connectivity index (χ3n) is 1.97. The highest BCUT2D eigenvalue weighted by Gasteiger charge is 2.49. The van der Waals surface area contributed by atoms with E-state index in [4.69, 9.17) is 21.5 Å². The zero-order chi connectivity index (χ0) is 11.7. The third-order valence-corrected chi connectivity index (χ3v) is 2.41. The lowest BCUT2D eigenvalue weighted by Gasteiger charge is -2.22. The summed E-state index contributed by atoms with van der Waals surface area (Å²) in [6, 6.07) is 0. The number of carbonyl (C=O) groups excluding carboxylic acids is 1. The zero-order valence-electron chi connectivity index (χ0n) is 9.00. The maximum absolute atomic E-state index is 11.4. The molecular weight excluding hydrogens is 220 g/mol. The van der Waals surface area contributed by atoms with Gasteiger partial charge in [0.05, 0.1) is 0 Å². The summed E-state index contributed by atoms with van der Waals surface area (Å²) in [6.45, 7) is 5.32. The number of nitrogens with one attached hydrogen (secondary N) is 1. The van der Waals surface area contributed by atoms with Crippen molar-refractivity contribution in [3.8, 4) is 0 Å². The Bertz CT molecular complexity index is 292. The van der Waals surface area contributed by atoms with Gasteiger partial charge in [0, 0.05) is 0 Å². The van der Waals surface area contributed by atoms with Gasteiger partial charge in [-0.25, -0.2) is 4.79 Å². The summed E-state index contributed by atoms with van der Waals surface area (Å²) in [5.74, 6) is 0. The Morgan fingerprint density at radius 1 is 1.53 bits per heavy atom. The molecule has 86 valence electrons. The van der Waals surface area contributed by atoms with E-state index >= 15 is 0 Å². The molecule has 1 amide bonds. The van der Waals surface area contributed by atoms with Gasteiger partial charge in [-0.3, -0.25) is 0 Å². The number of ether oxygens (including phenoxy) is 1. The normalized spacial score (nSPS) is 19.6. The molecule has 0 spiro atoms. The van der Waals surface area contributed by atoms with E-state index in [9.17, 15) is 4.79 Å². The van der Waals surface area contributed by atoms with Crippen molar-refractivity contribution in [3.63, 3.8) is 0 Å². The second-order valence-corrected chi connectivity index (χ2v) is 4.96. The maximum atomic E-state index is 11.4. The Balaban J connectivity index is 2.53. The van der Waals surface area contributed by atoms with Gasteiger partial charge in [0.25, 0.3) is 0 Å². The van der Waals surface area contributed by atoms with Gasteiger partial charge in [0.1, 0.15) is 11.1 Å². The van der Waals surface area contributed by atoms with Crippen LogP contribution < -0.4 is 5.32 Å². The summed E-state index contributed by atoms with van der Waals surface area (Å²) in [4.78, 5) is 11.4. The number of nitrogens with zero attached hydrogens (tertiary/aromatic N) is 1. The van der Waals surface area contributed by atoms with Crippen molar-refractivity contribution in [2.75, 3.05) is 0 Å². The van der Waals surface area contributed by atoms with Gasteiger partial charge < -0.3 is 15.3 Å². The van der Waals surface area contributed by atoms with Gasteiger partial charge in [-0.2, -0.15) is 0 Å². The van der Waals surface area contributed by atoms with E-state index in [1.807, 2.05) is 0 Å². The summed E-state index contributed by atoms with van der Waals surface area (Å²) in [6.07, 6.45) is 0.770. The summed E-state index contributed by atoms with van der Waals surface area (Å²) in [5, 5.41) is 14.0. The van der Waals surface area contributed by atoms with Gasteiger partial charge >= 0.3 is 6.09 Å². The highest BCUT2D eigenvalue weighted by Crippen LogP contribution is 2.38. The van der Waals surface area contributed by atoms with Crippen molar-refractivity contribution in [1.29, 1.82) is 0 Å². The number of halogens is 1. The molecule has 15 heavy (non-hydrogen) atoms. The first kappa shape index (κ1) is 12.1. The average Bonchev–Trinajstić information content (AvgIpc) is 2.80. The third kappa shape index (κ3) is 3.27. The molecule has 0 radical (unpaired) electrons. The summed E-state index contributed by atoms with van der Waals surface area (Å²) in [5.41, 5.74) is -1.26. The summed E-state index contributed by atoms with van der Waals surface area (Å²) >= 11 is 5.66. The molecule has 2 N–H and O–H groups in total. The lowest BCUT2D eigenvalue weighted by Crippen LogP contribution is -2.44. The van der Waals surface area contributed by atoms with Gasteiger partial charge in [0.2, 0.25) is 0 Å². The fourth-order valence-corrected chi connectivity index (χ4v) is 1.34. The second-order valence-electron chi connectivity index (χ2n) is 4.60. The molecule has 1 saturated carbocycles. The SMILES string of the molecule is CC(C)(C)OC(=O)NC1(/C(Cl)=N/O)CC1. The van der Waals surface area contributed by atoms with Crippen molar-refractivity contribution in [3.05, 3.63) is 0 Å². The first-order valence-electron chi connectivity index (χ1n) is 4.68. The topological polar surface area (TPSA) is 70.9 Å². The van der Waals surface area contributed by atoms with E-state index in [-0.39, 0.29) is 5.17 Å². The van der Waals surface area contributed by atoms with Gasteiger partial charge in [-0.15, -0.1) is 0 Å². The number of oxime groups is 1. The maximum Gasteiger partial charge on any atom is 0.408 e. The van der Waals surface area contributed by atoms with Crippen LogP contribution in [0.5, 0.6) is 0 Å². The molecule has 0 aliphatic heterocycles. The Morgan fingerprint density at radius 2 is 2.07 bits per heavy atom. The minimum absolute atomic E-state index is 0.00615. The Labute approximate surface area is 93.4 Å². The highest BCUT2D eigenvalue weighted by atomic mass is 35.5. The molecule has 0 unspecified atom stereocenters. The van der Waals surface area contributed by atoms with Crippen molar-refractivity contribution in [2.45, 2.75) is 44.8 Å². The van der Waals surface area contributed by atoms with Crippen molar-refractivity contribution >= 4 is 22.9 Å². The average molecular weight is 235 g/mol. The second kappa shape index (κ2) is 3.89. The van der Waals surface area contributed by atoms with E-state index in [1.54, 1.807) is 20.8 Å². The van der Waals surface area contributed by atoms with Crippen LogP contribution in [0.4, 0.5) is 4.79 Å². The lowest BCUT2D eigenvalue weighted by atomic mass is 10.2. The van der Waals surface area contributed by atoms with Gasteiger partial charge in [0.15, 0.2) is 5.17 Å². The van der Waals surface area contributed by atoms with Crippen LogP contribution in [-0.4, -0.2) is 27.6 Å². The van der Waals surface area contributed by atoms with Crippen LogP contribution in [0.1, 0.15) is 33.6 Å². The summed E-state index contributed by atoms with van der Waals surface area (Å²) in [7, 11) is 0. The Hall–Kier alpha value is -0.970. The van der Waals surface area contributed by atoms with E-state index in [0.717, 1.165) is 0 Å². The van der Waals surface area contributed by atoms with Crippen molar-refractivity contribution in [2.24, 2.45) is 5.16 Å². The van der Waals surface area contributed by atoms with Crippen LogP contribution in [-0.2, 0) is 4.74 Å². The van der Waals surface area contributed by atoms with Crippen molar-refractivity contribution < 1.29 is 14.7 Å². The number of hydrogen-bond donors (Lipinski definition) is 2. The largest absolute Gasteiger partial charge is 0.444 e. The van der Waals surface area contributed by atoms with E-state index < -0.39 is 17.2 Å². The van der Waals surface area contributed by atoms with Gasteiger partial charge in [-0.05, 0) is 33.6 Å². The smallest absolute Gasteiger partial charge is 0.408 e. The van der Waals surface area contributed by atoms with Crippen LogP contribution in [0, 0.1) is 0 Å². The number of rotatable bonds is 2. The molecule has 1 fully saturated rings. The molecule has 0 saturated heterocycles. The van der Waals surface area contributed by atoms with Crippen molar-refractivity contribution in [1.82, 2.24) is 5.32 Å². The molecule has 1 aliphatic carbocycles. The fraction of sp³-hybridized carbons (Fsp3) is 0.778. The quantitative estimate of drug-likeness (QED) is 0.437. The Morgan fingerprint density at radius 3 is 2.40 bits per heavy atom. The predicted octanol–water partition coefficient (Wildman–Crippen LogP) is 2.07. The lowest BCUT2D eigenvalue weighted by molar-refractivity contribution is 0.0513. The zero-order valence-corrected chi connectivity index (χ0v) is 9.76. The van der Waals surface area contributed by atoms with E-state index in [2.05, 4.69) is 10.5 Å². The van der Waals surface area contributed by atoms with E-state index in [1.165, 1.54) is 0 Å². The molecule has 1 aliphatic rings. The standard InChI is InChI=1S/C9H15ClN2O3/c1-8(2,3)15-7(13)11-9(4-5-9)6(10)12-14/h14H,4-5H2,1-3H3,(H,11,13)/b12-6-. The monoisotopic (exact) mass is 234 g/mol. The molecular formula is C9H15ClN2O3. The summed E-state index contributed by atoms with van der Waals surface area (Å²) < 4.78 is 5.06. The number of carbonyl (C=O) groups is 1. The molecule has 0 atom stereocenters. The molecule has 0 bridgehead atoms. The van der Waals surface area contributed by atoms with Gasteiger partial charge in [-0.1, -0.05) is 16.8 Å². The number of alkyl carbamates (subject to hydrolysis) is 1. The van der Waals surface area contributed by atoms with Crippen LogP contribution in [0.3, 0.4) is 0 Å². The van der Waals surface area contributed by atoms with Crippen LogP contribution in [0.25, 0.3) is 0 Å². The van der Waals surface area contributed by atoms with Crippen LogP contribution in [0.2, 0.25) is 0 Å². The predicted molar refractivity (Wildman–Crippen MR) is 56.4 cm³/mol. The highest BCUT2D eigenvalue weighted by molar-refractivity contribution is 6.68. The molecule has 5 nitrogen and oxygen atoms in total. The number of amides is 1. The fourth-order valence-electron chi connectivity index (χ4n) is 1.10. The molecule has 0 aromatic heterocycles. The minimum Gasteiger partial charge on any atom is -0.444 e. The molecule has 0 aromatic rings. The minimum atomic E-state index is -0.710. The van der Waals surface area contributed by atoms with E-state index in [0.29, 0.717) is 12.8 Å². The molecule has 0 heterocycles. The van der Waals surface area contributed by atoms with Crippen LogP contribution >= 0.6 is 11.6 Å². The molecule has 0 aromatic carbocycles.